The third kappa shape index (κ3) is 3.59. The molecular weight excluding hydrogens is 257 g/mol. The van der Waals surface area contributed by atoms with E-state index in [1.807, 2.05) is 4.90 Å². The Morgan fingerprint density at radius 3 is 2.58 bits per heavy atom. The van der Waals surface area contributed by atoms with E-state index >= 15 is 0 Å². The summed E-state index contributed by atoms with van der Waals surface area (Å²) >= 11 is 0. The normalized spacial score (nSPS) is 18.4. The van der Waals surface area contributed by atoms with Gasteiger partial charge >= 0.3 is 6.18 Å². The molecule has 1 aromatic heterocycles. The lowest BCUT2D eigenvalue weighted by molar-refractivity contribution is -0.203. The van der Waals surface area contributed by atoms with Crippen molar-refractivity contribution >= 4 is 5.82 Å². The first-order chi connectivity index (χ1) is 8.98. The molecule has 1 unspecified atom stereocenters. The van der Waals surface area contributed by atoms with Gasteiger partial charge in [-0.2, -0.15) is 13.2 Å². The molecule has 0 saturated carbocycles. The molecule has 6 heteroatoms. The lowest BCUT2D eigenvalue weighted by Crippen LogP contribution is -2.34. The van der Waals surface area contributed by atoms with E-state index in [1.54, 1.807) is 18.3 Å². The zero-order valence-corrected chi connectivity index (χ0v) is 10.5. The second kappa shape index (κ2) is 5.77. The molecule has 1 atom stereocenters. The monoisotopic (exact) mass is 274 g/mol. The van der Waals surface area contributed by atoms with Crippen LogP contribution in [0.3, 0.4) is 0 Å². The van der Waals surface area contributed by atoms with Crippen molar-refractivity contribution < 1.29 is 18.3 Å². The van der Waals surface area contributed by atoms with Crippen LogP contribution < -0.4 is 4.90 Å². The van der Waals surface area contributed by atoms with Crippen LogP contribution in [-0.2, 0) is 6.42 Å². The van der Waals surface area contributed by atoms with Gasteiger partial charge in [0.15, 0.2) is 6.10 Å². The van der Waals surface area contributed by atoms with Crippen molar-refractivity contribution in [2.45, 2.75) is 38.0 Å². The summed E-state index contributed by atoms with van der Waals surface area (Å²) in [6.07, 6.45) is -2.59. The second-order valence-electron chi connectivity index (χ2n) is 4.80. The molecule has 1 aliphatic heterocycles. The first-order valence-corrected chi connectivity index (χ1v) is 6.42. The highest BCUT2D eigenvalue weighted by molar-refractivity contribution is 5.47. The predicted octanol–water partition coefficient (Wildman–Crippen LogP) is 2.54. The Morgan fingerprint density at radius 2 is 1.95 bits per heavy atom. The number of piperidine rings is 1. The van der Waals surface area contributed by atoms with E-state index in [1.165, 1.54) is 0 Å². The standard InChI is InChI=1S/C13H17F3N2O/c14-13(15,16)11(19)9-10-5-4-6-17-12(10)18-7-2-1-3-8-18/h4-6,11,19H,1-3,7-9H2. The molecule has 3 nitrogen and oxygen atoms in total. The third-order valence-corrected chi connectivity index (χ3v) is 3.31. The van der Waals surface area contributed by atoms with Crippen LogP contribution in [0.4, 0.5) is 19.0 Å². The first kappa shape index (κ1) is 14.1. The Bertz CT molecular complexity index is 417. The first-order valence-electron chi connectivity index (χ1n) is 6.42. The molecule has 0 bridgehead atoms. The van der Waals surface area contributed by atoms with Gasteiger partial charge in [-0.05, 0) is 30.9 Å². The molecule has 106 valence electrons. The lowest BCUT2D eigenvalue weighted by Gasteiger charge is -2.29. The summed E-state index contributed by atoms with van der Waals surface area (Å²) in [7, 11) is 0. The summed E-state index contributed by atoms with van der Waals surface area (Å²) in [4.78, 5) is 6.19. The molecule has 2 rings (SSSR count). The Kier molecular flexibility index (Phi) is 4.29. The van der Waals surface area contributed by atoms with Crippen LogP contribution in [0.25, 0.3) is 0 Å². The summed E-state index contributed by atoms with van der Waals surface area (Å²) in [6, 6.07) is 3.21. The quantitative estimate of drug-likeness (QED) is 0.920. The Morgan fingerprint density at radius 1 is 1.26 bits per heavy atom. The molecular formula is C13H17F3N2O. The Labute approximate surface area is 110 Å². The third-order valence-electron chi connectivity index (χ3n) is 3.31. The largest absolute Gasteiger partial charge is 0.414 e. The number of aliphatic hydroxyl groups excluding tert-OH is 1. The number of rotatable bonds is 3. The predicted molar refractivity (Wildman–Crippen MR) is 66.1 cm³/mol. The number of pyridine rings is 1. The number of halogens is 3. The van der Waals surface area contributed by atoms with Crippen LogP contribution in [0.15, 0.2) is 18.3 Å². The van der Waals surface area contributed by atoms with Gasteiger partial charge in [-0.25, -0.2) is 4.98 Å². The number of alkyl halides is 3. The number of hydrogen-bond donors (Lipinski definition) is 1. The van der Waals surface area contributed by atoms with Crippen molar-refractivity contribution in [2.75, 3.05) is 18.0 Å². The van der Waals surface area contributed by atoms with E-state index in [9.17, 15) is 18.3 Å². The van der Waals surface area contributed by atoms with Gasteiger partial charge in [0.2, 0.25) is 0 Å². The number of aliphatic hydroxyl groups is 1. The second-order valence-corrected chi connectivity index (χ2v) is 4.80. The van der Waals surface area contributed by atoms with Crippen molar-refractivity contribution in [2.24, 2.45) is 0 Å². The van der Waals surface area contributed by atoms with E-state index in [2.05, 4.69) is 4.98 Å². The molecule has 0 amide bonds. The van der Waals surface area contributed by atoms with Gasteiger partial charge in [0.1, 0.15) is 5.82 Å². The summed E-state index contributed by atoms with van der Waals surface area (Å²) in [5.41, 5.74) is 0.453. The Balaban J connectivity index is 2.16. The summed E-state index contributed by atoms with van der Waals surface area (Å²) in [5, 5.41) is 9.19. The molecule has 2 heterocycles. The molecule has 1 aliphatic rings. The number of anilines is 1. The highest BCUT2D eigenvalue weighted by atomic mass is 19.4. The maximum Gasteiger partial charge on any atom is 0.414 e. The van der Waals surface area contributed by atoms with E-state index in [4.69, 9.17) is 0 Å². The minimum absolute atomic E-state index is 0.441. The molecule has 1 N–H and O–H groups in total. The van der Waals surface area contributed by atoms with Crippen molar-refractivity contribution in [3.63, 3.8) is 0 Å². The van der Waals surface area contributed by atoms with Gasteiger partial charge in [0.05, 0.1) is 0 Å². The van der Waals surface area contributed by atoms with Crippen LogP contribution in [0, 0.1) is 0 Å². The molecule has 1 aromatic rings. The van der Waals surface area contributed by atoms with Gasteiger partial charge in [0, 0.05) is 25.7 Å². The van der Waals surface area contributed by atoms with E-state index in [0.717, 1.165) is 32.4 Å². The van der Waals surface area contributed by atoms with Gasteiger partial charge < -0.3 is 10.0 Å². The molecule has 1 saturated heterocycles. The van der Waals surface area contributed by atoms with Crippen LogP contribution in [-0.4, -0.2) is 35.5 Å². The molecule has 19 heavy (non-hydrogen) atoms. The van der Waals surface area contributed by atoms with Gasteiger partial charge in [0.25, 0.3) is 0 Å². The molecule has 0 spiro atoms. The van der Waals surface area contributed by atoms with Crippen molar-refractivity contribution in [1.82, 2.24) is 4.98 Å². The zero-order valence-electron chi connectivity index (χ0n) is 10.5. The van der Waals surface area contributed by atoms with Gasteiger partial charge in [-0.15, -0.1) is 0 Å². The summed E-state index contributed by atoms with van der Waals surface area (Å²) < 4.78 is 37.3. The SMILES string of the molecule is OC(Cc1cccnc1N1CCCCC1)C(F)(F)F. The van der Waals surface area contributed by atoms with Crippen molar-refractivity contribution in [3.05, 3.63) is 23.9 Å². The fraction of sp³-hybridized carbons (Fsp3) is 0.615. The van der Waals surface area contributed by atoms with Crippen LogP contribution in [0.1, 0.15) is 24.8 Å². The topological polar surface area (TPSA) is 36.4 Å². The maximum atomic E-state index is 12.4. The average Bonchev–Trinajstić information content (AvgIpc) is 2.39. The highest BCUT2D eigenvalue weighted by Crippen LogP contribution is 2.27. The smallest absolute Gasteiger partial charge is 0.383 e. The zero-order chi connectivity index (χ0) is 13.9. The molecule has 0 aromatic carbocycles. The number of nitrogens with zero attached hydrogens (tertiary/aromatic N) is 2. The number of aromatic nitrogens is 1. The lowest BCUT2D eigenvalue weighted by atomic mass is 10.1. The van der Waals surface area contributed by atoms with Crippen molar-refractivity contribution in [1.29, 1.82) is 0 Å². The summed E-state index contributed by atoms with van der Waals surface area (Å²) in [6.45, 7) is 1.62. The fourth-order valence-electron chi connectivity index (χ4n) is 2.30. The summed E-state index contributed by atoms with van der Waals surface area (Å²) in [5.74, 6) is 0.575. The number of hydrogen-bond acceptors (Lipinski definition) is 3. The fourth-order valence-corrected chi connectivity index (χ4v) is 2.30. The molecule has 0 aliphatic carbocycles. The Hall–Kier alpha value is -1.30. The van der Waals surface area contributed by atoms with E-state index in [0.29, 0.717) is 11.4 Å². The van der Waals surface area contributed by atoms with Crippen molar-refractivity contribution in [3.8, 4) is 0 Å². The van der Waals surface area contributed by atoms with Crippen LogP contribution in [0.2, 0.25) is 0 Å². The molecule has 1 fully saturated rings. The highest BCUT2D eigenvalue weighted by Gasteiger charge is 2.38. The molecule has 0 radical (unpaired) electrons. The van der Waals surface area contributed by atoms with Gasteiger partial charge in [-0.1, -0.05) is 6.07 Å². The van der Waals surface area contributed by atoms with Crippen LogP contribution >= 0.6 is 0 Å². The minimum atomic E-state index is -4.59. The van der Waals surface area contributed by atoms with E-state index < -0.39 is 18.7 Å². The maximum absolute atomic E-state index is 12.4. The minimum Gasteiger partial charge on any atom is -0.383 e. The van der Waals surface area contributed by atoms with E-state index in [-0.39, 0.29) is 0 Å². The average molecular weight is 274 g/mol. The van der Waals surface area contributed by atoms with Crippen LogP contribution in [0.5, 0.6) is 0 Å². The van der Waals surface area contributed by atoms with Gasteiger partial charge in [-0.3, -0.25) is 0 Å².